The minimum atomic E-state index is -0.128. The van der Waals surface area contributed by atoms with Gasteiger partial charge in [0.25, 0.3) is 5.91 Å². The predicted molar refractivity (Wildman–Crippen MR) is 74.4 cm³/mol. The zero-order valence-corrected chi connectivity index (χ0v) is 10.8. The lowest BCUT2D eigenvalue weighted by Gasteiger charge is -2.18. The van der Waals surface area contributed by atoms with Crippen LogP contribution in [0.4, 0.5) is 11.4 Å². The topological polar surface area (TPSA) is 59.0 Å². The molecule has 0 fully saturated rings. The maximum absolute atomic E-state index is 12.0. The Labute approximate surface area is 111 Å². The highest BCUT2D eigenvalue weighted by Gasteiger charge is 2.11. The molecule has 2 heterocycles. The van der Waals surface area contributed by atoms with Crippen molar-refractivity contribution in [2.45, 2.75) is 12.8 Å². The Balaban J connectivity index is 1.78. The summed E-state index contributed by atoms with van der Waals surface area (Å²) in [5.74, 6) is -0.128. The normalized spacial score (nSPS) is 13.5. The molecule has 19 heavy (non-hydrogen) atoms. The van der Waals surface area contributed by atoms with Gasteiger partial charge in [-0.3, -0.25) is 9.48 Å². The first-order chi connectivity index (χ1) is 9.22. The van der Waals surface area contributed by atoms with Gasteiger partial charge in [0.15, 0.2) is 0 Å². The van der Waals surface area contributed by atoms with Crippen LogP contribution in [0.25, 0.3) is 0 Å². The van der Waals surface area contributed by atoms with E-state index >= 15 is 0 Å². The second kappa shape index (κ2) is 4.76. The third-order valence-electron chi connectivity index (χ3n) is 3.27. The predicted octanol–water partition coefficient (Wildman–Crippen LogP) is 2.03. The Hall–Kier alpha value is -2.30. The maximum atomic E-state index is 12.0. The van der Waals surface area contributed by atoms with Crippen LogP contribution >= 0.6 is 0 Å². The Morgan fingerprint density at radius 3 is 3.16 bits per heavy atom. The van der Waals surface area contributed by atoms with Crippen LogP contribution in [-0.4, -0.2) is 22.2 Å². The number of nitrogens with one attached hydrogen (secondary N) is 2. The number of carbonyl (C=O) groups excluding carboxylic acids is 1. The molecule has 0 aliphatic carbocycles. The van der Waals surface area contributed by atoms with E-state index in [1.54, 1.807) is 24.1 Å². The summed E-state index contributed by atoms with van der Waals surface area (Å²) in [5, 5.41) is 10.2. The van der Waals surface area contributed by atoms with Crippen molar-refractivity contribution in [2.75, 3.05) is 17.2 Å². The van der Waals surface area contributed by atoms with Crippen LogP contribution in [-0.2, 0) is 13.5 Å². The lowest BCUT2D eigenvalue weighted by Crippen LogP contribution is -2.14. The van der Waals surface area contributed by atoms with E-state index in [1.165, 1.54) is 11.3 Å². The SMILES string of the molecule is Cn1cc(C(=O)Nc2ccc3c(c2)CCCN3)cn1. The summed E-state index contributed by atoms with van der Waals surface area (Å²) in [5.41, 5.74) is 3.83. The molecule has 1 aliphatic heterocycles. The second-order valence-electron chi connectivity index (χ2n) is 4.76. The van der Waals surface area contributed by atoms with Crippen molar-refractivity contribution >= 4 is 17.3 Å². The van der Waals surface area contributed by atoms with Gasteiger partial charge in [0.2, 0.25) is 0 Å². The number of carbonyl (C=O) groups is 1. The second-order valence-corrected chi connectivity index (χ2v) is 4.76. The molecule has 0 spiro atoms. The number of hydrogen-bond donors (Lipinski definition) is 2. The van der Waals surface area contributed by atoms with Gasteiger partial charge in [-0.25, -0.2) is 0 Å². The average Bonchev–Trinajstić information content (AvgIpc) is 2.85. The van der Waals surface area contributed by atoms with Crippen molar-refractivity contribution in [3.63, 3.8) is 0 Å². The number of rotatable bonds is 2. The molecule has 3 rings (SSSR count). The molecule has 1 amide bonds. The summed E-state index contributed by atoms with van der Waals surface area (Å²) in [7, 11) is 1.79. The van der Waals surface area contributed by atoms with Crippen molar-refractivity contribution in [1.29, 1.82) is 0 Å². The first-order valence-electron chi connectivity index (χ1n) is 6.39. The molecular weight excluding hydrogens is 240 g/mol. The van der Waals surface area contributed by atoms with E-state index in [0.717, 1.165) is 25.1 Å². The fraction of sp³-hybridized carbons (Fsp3) is 0.286. The van der Waals surface area contributed by atoms with Crippen molar-refractivity contribution < 1.29 is 4.79 Å². The monoisotopic (exact) mass is 256 g/mol. The zero-order valence-electron chi connectivity index (χ0n) is 10.8. The summed E-state index contributed by atoms with van der Waals surface area (Å²) >= 11 is 0. The van der Waals surface area contributed by atoms with Crippen LogP contribution in [0.2, 0.25) is 0 Å². The Bertz CT molecular complexity index is 618. The van der Waals surface area contributed by atoms with Crippen LogP contribution in [0.1, 0.15) is 22.3 Å². The number of nitrogens with zero attached hydrogens (tertiary/aromatic N) is 2. The molecule has 0 bridgehead atoms. The van der Waals surface area contributed by atoms with E-state index in [0.29, 0.717) is 5.56 Å². The third kappa shape index (κ3) is 2.45. The van der Waals surface area contributed by atoms with E-state index in [9.17, 15) is 4.79 Å². The number of aryl methyl sites for hydroxylation is 2. The molecule has 0 saturated heterocycles. The summed E-state index contributed by atoms with van der Waals surface area (Å²) in [4.78, 5) is 12.0. The molecule has 1 aliphatic rings. The fourth-order valence-corrected chi connectivity index (χ4v) is 2.29. The molecule has 2 N–H and O–H groups in total. The fourth-order valence-electron chi connectivity index (χ4n) is 2.29. The quantitative estimate of drug-likeness (QED) is 0.864. The lowest BCUT2D eigenvalue weighted by atomic mass is 10.0. The molecule has 5 nitrogen and oxygen atoms in total. The number of benzene rings is 1. The number of aromatic nitrogens is 2. The van der Waals surface area contributed by atoms with Crippen LogP contribution < -0.4 is 10.6 Å². The lowest BCUT2D eigenvalue weighted by molar-refractivity contribution is 0.102. The molecule has 2 aromatic rings. The highest BCUT2D eigenvalue weighted by atomic mass is 16.1. The Morgan fingerprint density at radius 2 is 2.37 bits per heavy atom. The Morgan fingerprint density at radius 1 is 1.47 bits per heavy atom. The van der Waals surface area contributed by atoms with Crippen molar-refractivity contribution in [3.8, 4) is 0 Å². The van der Waals surface area contributed by atoms with E-state index in [-0.39, 0.29) is 5.91 Å². The highest BCUT2D eigenvalue weighted by molar-refractivity contribution is 6.04. The Kier molecular flexibility index (Phi) is 2.95. The molecule has 0 unspecified atom stereocenters. The van der Waals surface area contributed by atoms with E-state index in [1.807, 2.05) is 18.2 Å². The molecule has 0 radical (unpaired) electrons. The molecule has 0 atom stereocenters. The van der Waals surface area contributed by atoms with Crippen molar-refractivity contribution in [1.82, 2.24) is 9.78 Å². The maximum Gasteiger partial charge on any atom is 0.258 e. The number of hydrogen-bond acceptors (Lipinski definition) is 3. The number of amides is 1. The van der Waals surface area contributed by atoms with Crippen LogP contribution in [0, 0.1) is 0 Å². The van der Waals surface area contributed by atoms with Gasteiger partial charge in [0.05, 0.1) is 11.8 Å². The molecule has 1 aromatic heterocycles. The summed E-state index contributed by atoms with van der Waals surface area (Å²) < 4.78 is 1.62. The van der Waals surface area contributed by atoms with Gasteiger partial charge in [-0.05, 0) is 36.6 Å². The molecule has 0 saturated carbocycles. The minimum absolute atomic E-state index is 0.128. The molecule has 1 aromatic carbocycles. The van der Waals surface area contributed by atoms with Crippen LogP contribution in [0.3, 0.4) is 0 Å². The first-order valence-corrected chi connectivity index (χ1v) is 6.39. The van der Waals surface area contributed by atoms with Gasteiger partial charge < -0.3 is 10.6 Å². The summed E-state index contributed by atoms with van der Waals surface area (Å²) in [6.45, 7) is 1.02. The van der Waals surface area contributed by atoms with Gasteiger partial charge in [-0.2, -0.15) is 5.10 Å². The molecular formula is C14H16N4O. The number of fused-ring (bicyclic) bond motifs is 1. The van der Waals surface area contributed by atoms with Crippen molar-refractivity contribution in [2.24, 2.45) is 7.05 Å². The molecule has 98 valence electrons. The zero-order chi connectivity index (χ0) is 13.2. The minimum Gasteiger partial charge on any atom is -0.385 e. The largest absolute Gasteiger partial charge is 0.385 e. The van der Waals surface area contributed by atoms with Crippen molar-refractivity contribution in [3.05, 3.63) is 41.7 Å². The number of anilines is 2. The first kappa shape index (κ1) is 11.8. The van der Waals surface area contributed by atoms with E-state index in [4.69, 9.17) is 0 Å². The summed E-state index contributed by atoms with van der Waals surface area (Å²) in [6, 6.07) is 5.98. The van der Waals surface area contributed by atoms with Gasteiger partial charge >= 0.3 is 0 Å². The van der Waals surface area contributed by atoms with Gasteiger partial charge in [-0.1, -0.05) is 0 Å². The molecule has 5 heteroatoms. The van der Waals surface area contributed by atoms with Crippen LogP contribution in [0.15, 0.2) is 30.6 Å². The smallest absolute Gasteiger partial charge is 0.258 e. The third-order valence-corrected chi connectivity index (χ3v) is 3.27. The van der Waals surface area contributed by atoms with E-state index < -0.39 is 0 Å². The standard InChI is InChI=1S/C14H16N4O/c1-18-9-11(8-16-18)14(19)17-12-4-5-13-10(7-12)3-2-6-15-13/h4-5,7-9,15H,2-3,6H2,1H3,(H,17,19). The van der Waals surface area contributed by atoms with Gasteiger partial charge in [0, 0.05) is 31.2 Å². The van der Waals surface area contributed by atoms with Gasteiger partial charge in [-0.15, -0.1) is 0 Å². The average molecular weight is 256 g/mol. The van der Waals surface area contributed by atoms with E-state index in [2.05, 4.69) is 15.7 Å². The van der Waals surface area contributed by atoms with Gasteiger partial charge in [0.1, 0.15) is 0 Å². The highest BCUT2D eigenvalue weighted by Crippen LogP contribution is 2.25. The van der Waals surface area contributed by atoms with Crippen LogP contribution in [0.5, 0.6) is 0 Å². The summed E-state index contributed by atoms with van der Waals surface area (Å²) in [6.07, 6.45) is 5.45.